The Morgan fingerprint density at radius 2 is 1.93 bits per heavy atom. The van der Waals surface area contributed by atoms with Crippen LogP contribution in [0.25, 0.3) is 11.2 Å². The van der Waals surface area contributed by atoms with E-state index in [1.807, 2.05) is 13.8 Å². The fourth-order valence-corrected chi connectivity index (χ4v) is 3.96. The molecule has 1 atom stereocenters. The van der Waals surface area contributed by atoms with Crippen molar-refractivity contribution in [3.63, 3.8) is 0 Å². The fraction of sp³-hybridized carbons (Fsp3) is 0.421. The molecule has 0 aromatic carbocycles. The van der Waals surface area contributed by atoms with Crippen LogP contribution in [0.4, 0.5) is 5.82 Å². The van der Waals surface area contributed by atoms with Gasteiger partial charge in [0.15, 0.2) is 21.3 Å². The number of pyridine rings is 1. The van der Waals surface area contributed by atoms with Crippen LogP contribution in [0.2, 0.25) is 5.28 Å². The smallest absolute Gasteiger partial charge is 0.295 e. The van der Waals surface area contributed by atoms with Gasteiger partial charge in [0.2, 0.25) is 5.28 Å². The third-order valence-corrected chi connectivity index (χ3v) is 6.78. The largest absolute Gasteiger partial charge is 0.360 e. The van der Waals surface area contributed by atoms with E-state index in [1.165, 1.54) is 12.3 Å². The van der Waals surface area contributed by atoms with Gasteiger partial charge in [-0.05, 0) is 44.0 Å². The summed E-state index contributed by atoms with van der Waals surface area (Å²) in [5.41, 5.74) is 1.70. The Hall–Kier alpha value is -2.59. The second-order valence-corrected chi connectivity index (χ2v) is 9.50. The summed E-state index contributed by atoms with van der Waals surface area (Å²) in [5.74, 6) is 0.150. The molecule has 0 aliphatic rings. The Balaban J connectivity index is 1.99. The minimum atomic E-state index is -3.31. The maximum Gasteiger partial charge on any atom is 0.295 e. The van der Waals surface area contributed by atoms with E-state index in [-0.39, 0.29) is 39.9 Å². The first-order valence-corrected chi connectivity index (χ1v) is 11.6. The average Bonchev–Trinajstić information content (AvgIpc) is 2.72. The Morgan fingerprint density at radius 3 is 2.53 bits per heavy atom. The van der Waals surface area contributed by atoms with E-state index in [0.717, 1.165) is 0 Å². The first kappa shape index (κ1) is 22.1. The predicted molar refractivity (Wildman–Crippen MR) is 116 cm³/mol. The molecular formula is C19H23ClN6O3S. The number of hydrogen-bond acceptors (Lipinski definition) is 8. The van der Waals surface area contributed by atoms with Crippen molar-refractivity contribution in [2.75, 3.05) is 11.1 Å². The van der Waals surface area contributed by atoms with Gasteiger partial charge in [0.1, 0.15) is 5.52 Å². The summed E-state index contributed by atoms with van der Waals surface area (Å²) in [6.07, 6.45) is 2.04. The molecular weight excluding hydrogens is 428 g/mol. The number of aryl methyl sites for hydroxylation is 1. The molecule has 0 aliphatic carbocycles. The van der Waals surface area contributed by atoms with Gasteiger partial charge in [0.05, 0.1) is 28.6 Å². The van der Waals surface area contributed by atoms with Crippen molar-refractivity contribution in [3.8, 4) is 0 Å². The first-order valence-electron chi connectivity index (χ1n) is 9.55. The molecule has 0 amide bonds. The van der Waals surface area contributed by atoms with E-state index in [0.29, 0.717) is 29.0 Å². The summed E-state index contributed by atoms with van der Waals surface area (Å²) in [6.45, 7) is 7.44. The molecule has 30 heavy (non-hydrogen) atoms. The third-order valence-electron chi connectivity index (χ3n) is 4.89. The second kappa shape index (κ2) is 8.65. The molecule has 0 fully saturated rings. The van der Waals surface area contributed by atoms with Gasteiger partial charge in [0.25, 0.3) is 5.56 Å². The summed E-state index contributed by atoms with van der Waals surface area (Å²) < 4.78 is 25.4. The van der Waals surface area contributed by atoms with Crippen molar-refractivity contribution < 1.29 is 8.42 Å². The minimum Gasteiger partial charge on any atom is -0.360 e. The van der Waals surface area contributed by atoms with Crippen molar-refractivity contribution in [1.82, 2.24) is 24.5 Å². The standard InChI is InChI=1S/C19H23ClN6O3S/c1-5-11(3)26-17-15(12(4)23-19(20)25-17)24-16(18(26)27)22-9-13-7-8-14(10-21-13)30(28,29)6-2/h7-8,10-11H,5-6,9H2,1-4H3,(H,22,24)/t11-/m0/s1. The normalized spacial score (nSPS) is 12.8. The van der Waals surface area contributed by atoms with Gasteiger partial charge in [-0.15, -0.1) is 0 Å². The van der Waals surface area contributed by atoms with Crippen molar-refractivity contribution in [2.45, 2.75) is 51.6 Å². The minimum absolute atomic E-state index is 0.00782. The molecule has 3 aromatic rings. The Kier molecular flexibility index (Phi) is 6.37. The molecule has 11 heteroatoms. The van der Waals surface area contributed by atoms with Gasteiger partial charge >= 0.3 is 0 Å². The molecule has 3 heterocycles. The molecule has 3 rings (SSSR count). The van der Waals surface area contributed by atoms with Gasteiger partial charge in [-0.3, -0.25) is 14.3 Å². The number of anilines is 1. The SMILES string of the molecule is CC[C@H](C)n1c(=O)c(NCc2ccc(S(=O)(=O)CC)cn2)nc2c(C)nc(Cl)nc21. The molecule has 0 aliphatic heterocycles. The number of nitrogens with zero attached hydrogens (tertiary/aromatic N) is 5. The van der Waals surface area contributed by atoms with Crippen LogP contribution in [-0.2, 0) is 16.4 Å². The number of sulfone groups is 1. The van der Waals surface area contributed by atoms with Crippen molar-refractivity contribution in [2.24, 2.45) is 0 Å². The van der Waals surface area contributed by atoms with E-state index < -0.39 is 9.84 Å². The number of halogens is 1. The lowest BCUT2D eigenvalue weighted by atomic mass is 10.2. The number of aromatic nitrogens is 5. The Bertz CT molecular complexity index is 1240. The molecule has 3 aromatic heterocycles. The number of rotatable bonds is 7. The van der Waals surface area contributed by atoms with Crippen LogP contribution in [0.3, 0.4) is 0 Å². The molecule has 160 valence electrons. The zero-order valence-corrected chi connectivity index (χ0v) is 18.8. The number of hydrogen-bond donors (Lipinski definition) is 1. The lowest BCUT2D eigenvalue weighted by molar-refractivity contribution is 0.526. The summed E-state index contributed by atoms with van der Waals surface area (Å²) in [6, 6.07) is 3.00. The molecule has 1 N–H and O–H groups in total. The quantitative estimate of drug-likeness (QED) is 0.545. The van der Waals surface area contributed by atoms with E-state index in [9.17, 15) is 13.2 Å². The van der Waals surface area contributed by atoms with Gasteiger partial charge in [-0.25, -0.2) is 18.4 Å². The second-order valence-electron chi connectivity index (χ2n) is 6.89. The highest BCUT2D eigenvalue weighted by Gasteiger charge is 2.19. The molecule has 0 saturated carbocycles. The maximum atomic E-state index is 13.1. The highest BCUT2D eigenvalue weighted by molar-refractivity contribution is 7.91. The van der Waals surface area contributed by atoms with Crippen LogP contribution < -0.4 is 10.9 Å². The van der Waals surface area contributed by atoms with Gasteiger partial charge in [0, 0.05) is 12.2 Å². The van der Waals surface area contributed by atoms with E-state index in [1.54, 1.807) is 24.5 Å². The predicted octanol–water partition coefficient (Wildman–Crippen LogP) is 2.92. The van der Waals surface area contributed by atoms with Crippen molar-refractivity contribution >= 4 is 38.4 Å². The zero-order chi connectivity index (χ0) is 22.1. The molecule has 9 nitrogen and oxygen atoms in total. The van der Waals surface area contributed by atoms with E-state index in [2.05, 4.69) is 25.3 Å². The highest BCUT2D eigenvalue weighted by atomic mass is 35.5. The van der Waals surface area contributed by atoms with Gasteiger partial charge in [-0.2, -0.15) is 4.98 Å². The average molecular weight is 451 g/mol. The Morgan fingerprint density at radius 1 is 1.20 bits per heavy atom. The van der Waals surface area contributed by atoms with Crippen LogP contribution in [0.15, 0.2) is 28.0 Å². The van der Waals surface area contributed by atoms with E-state index >= 15 is 0 Å². The third kappa shape index (κ3) is 4.29. The van der Waals surface area contributed by atoms with Gasteiger partial charge < -0.3 is 5.32 Å². The van der Waals surface area contributed by atoms with Crippen LogP contribution in [0.1, 0.15) is 44.6 Å². The van der Waals surface area contributed by atoms with Crippen molar-refractivity contribution in [1.29, 1.82) is 0 Å². The fourth-order valence-electron chi connectivity index (χ4n) is 2.93. The lowest BCUT2D eigenvalue weighted by Gasteiger charge is -2.17. The van der Waals surface area contributed by atoms with Crippen molar-refractivity contribution in [3.05, 3.63) is 45.4 Å². The molecule has 0 saturated heterocycles. The van der Waals surface area contributed by atoms with Crippen LogP contribution in [0.5, 0.6) is 0 Å². The van der Waals surface area contributed by atoms with Gasteiger partial charge in [-0.1, -0.05) is 13.8 Å². The van der Waals surface area contributed by atoms with Crippen LogP contribution >= 0.6 is 11.6 Å². The molecule has 0 bridgehead atoms. The highest BCUT2D eigenvalue weighted by Crippen LogP contribution is 2.20. The number of nitrogens with one attached hydrogen (secondary N) is 1. The lowest BCUT2D eigenvalue weighted by Crippen LogP contribution is -2.28. The summed E-state index contributed by atoms with van der Waals surface area (Å²) in [5, 5.41) is 3.07. The molecule has 0 unspecified atom stereocenters. The summed E-state index contributed by atoms with van der Waals surface area (Å²) in [7, 11) is -3.31. The molecule has 0 spiro atoms. The topological polar surface area (TPSA) is 120 Å². The maximum absolute atomic E-state index is 13.1. The van der Waals surface area contributed by atoms with Crippen LogP contribution in [0, 0.1) is 6.92 Å². The summed E-state index contributed by atoms with van der Waals surface area (Å²) >= 11 is 6.00. The van der Waals surface area contributed by atoms with Crippen LogP contribution in [-0.4, -0.2) is 38.7 Å². The zero-order valence-electron chi connectivity index (χ0n) is 17.2. The summed E-state index contributed by atoms with van der Waals surface area (Å²) in [4.78, 5) is 30.2. The first-order chi connectivity index (χ1) is 14.2. The molecule has 0 radical (unpaired) electrons. The number of fused-ring (bicyclic) bond motifs is 1. The Labute approximate surface area is 179 Å². The van der Waals surface area contributed by atoms with E-state index in [4.69, 9.17) is 11.6 Å². The monoisotopic (exact) mass is 450 g/mol.